The standard InChI is InChI=1S/C40H67NO12/c1-19-6-9-26(41(5)16-19)20(2)30-27(44)15-25-23-8-7-21-14-22(10-12-39(21,3)24(23)11-13-40(25,30)4)50-37-35(49)33(47)36(29(18-43)52-37)53-38-34(48)32(46)31(45)28(17-42)51-38/h7,19-20,22-38,42-49H,6,8-18H2,1-5H3/t19-,20+,22-,23+,24-,25-,26-,27-,28+,29+,30-,31+,32-,33+,34+,35+,36+,37+,38-,39-,40-/m0/s1. The van der Waals surface area contributed by atoms with Gasteiger partial charge in [-0.1, -0.05) is 39.3 Å². The fourth-order valence-corrected chi connectivity index (χ4v) is 12.9. The van der Waals surface area contributed by atoms with Crippen molar-refractivity contribution in [3.63, 3.8) is 0 Å². The average molecular weight is 754 g/mol. The molecule has 13 heteroatoms. The molecule has 53 heavy (non-hydrogen) atoms. The summed E-state index contributed by atoms with van der Waals surface area (Å²) in [6.45, 7) is 9.54. The molecular formula is C40H67NO12. The molecule has 304 valence electrons. The van der Waals surface area contributed by atoms with Crippen molar-refractivity contribution in [2.45, 2.75) is 165 Å². The summed E-state index contributed by atoms with van der Waals surface area (Å²) in [7, 11) is 2.27. The van der Waals surface area contributed by atoms with E-state index in [1.807, 2.05) is 0 Å². The minimum absolute atomic E-state index is 0.0159. The predicted octanol–water partition coefficient (Wildman–Crippen LogP) is 0.912. The Morgan fingerprint density at radius 2 is 1.51 bits per heavy atom. The Labute approximate surface area is 314 Å². The minimum Gasteiger partial charge on any atom is -0.394 e. The molecular weight excluding hydrogens is 686 g/mol. The number of ether oxygens (including phenoxy) is 4. The summed E-state index contributed by atoms with van der Waals surface area (Å²) in [6.07, 6.45) is -3.90. The van der Waals surface area contributed by atoms with Crippen LogP contribution in [0.2, 0.25) is 0 Å². The summed E-state index contributed by atoms with van der Waals surface area (Å²) in [5.74, 6) is 3.02. The number of hydrogen-bond donors (Lipinski definition) is 8. The first-order chi connectivity index (χ1) is 25.1. The van der Waals surface area contributed by atoms with Crippen LogP contribution in [-0.2, 0) is 18.9 Å². The molecule has 4 aliphatic carbocycles. The van der Waals surface area contributed by atoms with Crippen LogP contribution in [0.3, 0.4) is 0 Å². The lowest BCUT2D eigenvalue weighted by Gasteiger charge is -2.59. The topological polar surface area (TPSA) is 202 Å². The van der Waals surface area contributed by atoms with E-state index in [4.69, 9.17) is 18.9 Å². The summed E-state index contributed by atoms with van der Waals surface area (Å²) in [5, 5.41) is 84.5. The summed E-state index contributed by atoms with van der Waals surface area (Å²) in [6, 6.07) is 0.520. The zero-order valence-corrected chi connectivity index (χ0v) is 32.2. The van der Waals surface area contributed by atoms with Crippen LogP contribution in [0.5, 0.6) is 0 Å². The molecule has 3 saturated carbocycles. The number of allylic oxidation sites excluding steroid dienone is 1. The van der Waals surface area contributed by atoms with Gasteiger partial charge in [0.05, 0.1) is 25.4 Å². The Morgan fingerprint density at radius 1 is 0.830 bits per heavy atom. The second-order valence-electron chi connectivity index (χ2n) is 18.7. The molecule has 8 N–H and O–H groups in total. The quantitative estimate of drug-likeness (QED) is 0.163. The van der Waals surface area contributed by atoms with E-state index in [1.165, 1.54) is 18.4 Å². The summed E-state index contributed by atoms with van der Waals surface area (Å²) >= 11 is 0. The molecule has 21 atom stereocenters. The molecule has 0 aromatic rings. The van der Waals surface area contributed by atoms with E-state index in [1.54, 1.807) is 0 Å². The Hall–Kier alpha value is -0.780. The molecule has 0 aromatic heterocycles. The first kappa shape index (κ1) is 40.4. The molecule has 0 aromatic carbocycles. The van der Waals surface area contributed by atoms with Crippen LogP contribution in [0.15, 0.2) is 11.6 Å². The molecule has 0 spiro atoms. The maximum absolute atomic E-state index is 11.8. The monoisotopic (exact) mass is 753 g/mol. The summed E-state index contributed by atoms with van der Waals surface area (Å²) < 4.78 is 23.5. The van der Waals surface area contributed by atoms with E-state index in [0.29, 0.717) is 42.1 Å². The van der Waals surface area contributed by atoms with Gasteiger partial charge >= 0.3 is 0 Å². The van der Waals surface area contributed by atoms with Crippen LogP contribution in [0.1, 0.15) is 85.5 Å². The van der Waals surface area contributed by atoms with Crippen molar-refractivity contribution in [1.29, 1.82) is 0 Å². The molecule has 0 bridgehead atoms. The van der Waals surface area contributed by atoms with Gasteiger partial charge in [0.1, 0.15) is 48.8 Å². The van der Waals surface area contributed by atoms with E-state index in [2.05, 4.69) is 45.7 Å². The predicted molar refractivity (Wildman–Crippen MR) is 192 cm³/mol. The van der Waals surface area contributed by atoms with Gasteiger partial charge in [0.25, 0.3) is 0 Å². The normalized spacial score (nSPS) is 54.0. The number of aliphatic hydroxyl groups excluding tert-OH is 8. The summed E-state index contributed by atoms with van der Waals surface area (Å²) in [5.41, 5.74) is 1.50. The first-order valence-corrected chi connectivity index (χ1v) is 20.4. The zero-order chi connectivity index (χ0) is 38.1. The fourth-order valence-electron chi connectivity index (χ4n) is 12.9. The molecule has 3 aliphatic heterocycles. The van der Waals surface area contributed by atoms with Crippen LogP contribution >= 0.6 is 0 Å². The van der Waals surface area contributed by atoms with Gasteiger partial charge in [-0.15, -0.1) is 0 Å². The third-order valence-electron chi connectivity index (χ3n) is 15.7. The van der Waals surface area contributed by atoms with Crippen LogP contribution in [0.4, 0.5) is 0 Å². The van der Waals surface area contributed by atoms with Crippen LogP contribution in [0, 0.1) is 46.3 Å². The number of aliphatic hydroxyl groups is 8. The number of hydrogen-bond acceptors (Lipinski definition) is 13. The molecule has 7 rings (SSSR count). The number of piperidine rings is 1. The Morgan fingerprint density at radius 3 is 2.21 bits per heavy atom. The van der Waals surface area contributed by atoms with Crippen molar-refractivity contribution in [2.75, 3.05) is 26.8 Å². The first-order valence-electron chi connectivity index (χ1n) is 20.4. The highest BCUT2D eigenvalue weighted by molar-refractivity contribution is 5.26. The van der Waals surface area contributed by atoms with Crippen molar-refractivity contribution in [3.8, 4) is 0 Å². The van der Waals surface area contributed by atoms with Crippen molar-refractivity contribution in [1.82, 2.24) is 4.90 Å². The highest BCUT2D eigenvalue weighted by Gasteiger charge is 2.63. The third kappa shape index (κ3) is 6.99. The van der Waals surface area contributed by atoms with Gasteiger partial charge in [0.15, 0.2) is 12.6 Å². The largest absolute Gasteiger partial charge is 0.394 e. The maximum atomic E-state index is 11.8. The number of fused-ring (bicyclic) bond motifs is 5. The third-order valence-corrected chi connectivity index (χ3v) is 15.7. The van der Waals surface area contributed by atoms with Gasteiger partial charge in [-0.2, -0.15) is 0 Å². The van der Waals surface area contributed by atoms with Crippen LogP contribution in [0.25, 0.3) is 0 Å². The Kier molecular flexibility index (Phi) is 11.8. The molecule has 0 unspecified atom stereocenters. The van der Waals surface area contributed by atoms with Crippen molar-refractivity contribution in [3.05, 3.63) is 11.6 Å². The van der Waals surface area contributed by atoms with Crippen molar-refractivity contribution in [2.24, 2.45) is 46.3 Å². The van der Waals surface area contributed by atoms with Gasteiger partial charge in [0.2, 0.25) is 0 Å². The number of rotatable bonds is 8. The van der Waals surface area contributed by atoms with E-state index in [9.17, 15) is 40.9 Å². The van der Waals surface area contributed by atoms with Crippen LogP contribution < -0.4 is 0 Å². The van der Waals surface area contributed by atoms with E-state index in [0.717, 1.165) is 51.0 Å². The molecule has 6 fully saturated rings. The van der Waals surface area contributed by atoms with E-state index in [-0.39, 0.29) is 23.0 Å². The van der Waals surface area contributed by atoms with Gasteiger partial charge < -0.3 is 64.7 Å². The molecule has 7 aliphatic rings. The van der Waals surface area contributed by atoms with Crippen molar-refractivity contribution < 1.29 is 59.8 Å². The van der Waals surface area contributed by atoms with E-state index >= 15 is 0 Å². The maximum Gasteiger partial charge on any atom is 0.187 e. The van der Waals surface area contributed by atoms with Crippen LogP contribution in [-0.4, -0.2) is 152 Å². The smallest absolute Gasteiger partial charge is 0.187 e. The highest BCUT2D eigenvalue weighted by Crippen LogP contribution is 2.67. The second kappa shape index (κ2) is 15.5. The molecule has 3 heterocycles. The lowest BCUT2D eigenvalue weighted by Crippen LogP contribution is -2.65. The Bertz CT molecular complexity index is 1300. The molecule has 0 amide bonds. The average Bonchev–Trinajstić information content (AvgIpc) is 3.40. The molecule has 3 saturated heterocycles. The zero-order valence-electron chi connectivity index (χ0n) is 32.2. The lowest BCUT2D eigenvalue weighted by molar-refractivity contribution is -0.363. The number of nitrogens with zero attached hydrogens (tertiary/aromatic N) is 1. The number of likely N-dealkylation sites (tertiary alicyclic amines) is 1. The van der Waals surface area contributed by atoms with Gasteiger partial charge in [-0.3, -0.25) is 0 Å². The molecule has 0 radical (unpaired) electrons. The van der Waals surface area contributed by atoms with Gasteiger partial charge in [-0.05, 0) is 111 Å². The van der Waals surface area contributed by atoms with Gasteiger partial charge in [0, 0.05) is 12.6 Å². The van der Waals surface area contributed by atoms with E-state index < -0.39 is 74.6 Å². The Balaban J connectivity index is 0.996. The SMILES string of the molecule is C[C@H]1CC[C@@H]([C@@H](C)[C@H]2[C@@H](O)C[C@H]3[C@@H]4CC=C5C[C@@H](O[C@@H]6O[C@H](CO)[C@@H](O[C@@H]7O[C@H](CO)[C@@H](O)[C@H](O)[C@H]7O)[C@H](O)[C@H]6O)CC[C@]5(C)[C@H]4CC[C@]23C)N(C)C1. The minimum atomic E-state index is -1.72. The van der Waals surface area contributed by atoms with Gasteiger partial charge in [-0.25, -0.2) is 0 Å². The second-order valence-corrected chi connectivity index (χ2v) is 18.7. The highest BCUT2D eigenvalue weighted by atomic mass is 16.7. The van der Waals surface area contributed by atoms with Crippen molar-refractivity contribution >= 4 is 0 Å². The molecule has 13 nitrogen and oxygen atoms in total. The fraction of sp³-hybridized carbons (Fsp3) is 0.950. The lowest BCUT2D eigenvalue weighted by atomic mass is 9.46. The summed E-state index contributed by atoms with van der Waals surface area (Å²) in [4.78, 5) is 2.56.